The van der Waals surface area contributed by atoms with E-state index in [0.717, 1.165) is 11.3 Å². The Bertz CT molecular complexity index is 1430. The maximum absolute atomic E-state index is 13.6. The first kappa shape index (κ1) is 51.7. The lowest BCUT2D eigenvalue weighted by atomic mass is 9.78. The normalized spacial score (nSPS) is 21.6. The highest BCUT2D eigenvalue weighted by atomic mass is 28.4. The molecule has 0 aliphatic carbocycles. The number of hydrogen-bond donors (Lipinski definition) is 1. The number of amides is 1. The van der Waals surface area contributed by atoms with Crippen LogP contribution in [0.4, 0.5) is 0 Å². The molecule has 1 amide bonds. The second-order valence-corrected chi connectivity index (χ2v) is 35.4. The molecule has 1 aromatic carbocycles. The number of benzene rings is 1. The van der Waals surface area contributed by atoms with Gasteiger partial charge in [-0.25, -0.2) is 5.06 Å². The number of methoxy groups -OCH3 is 1. The average Bonchev–Trinajstić information content (AvgIpc) is 3.78. The van der Waals surface area contributed by atoms with Crippen molar-refractivity contribution >= 4 is 30.9 Å². The lowest BCUT2D eigenvalue weighted by Gasteiger charge is -2.47. The van der Waals surface area contributed by atoms with Gasteiger partial charge >= 0.3 is 0 Å². The van der Waals surface area contributed by atoms with Crippen LogP contribution in [0.3, 0.4) is 0 Å². The van der Waals surface area contributed by atoms with Gasteiger partial charge in [-0.05, 0) is 79.0 Å². The van der Waals surface area contributed by atoms with Crippen LogP contribution in [0.25, 0.3) is 0 Å². The number of aliphatic hydroxyl groups excluding tert-OH is 1. The van der Waals surface area contributed by atoms with Crippen LogP contribution in [0.15, 0.2) is 36.9 Å². The Hall–Kier alpha value is -1.40. The summed E-state index contributed by atoms with van der Waals surface area (Å²) in [4.78, 5) is 18.9. The standard InChI is InChI=1S/C44H83NO9Si3/c1-22-34(36(27-37(46)45(13)49-15)53-56(18,19)42(6,7)8)38(47)35(30-51-55(16,17)41(3,4)5)40(54-57(20,21)43(9,10)11)44(12)39(52-44)31(2)28-50-29-32-23-25-33(48-14)26-24-32/h22-26,31,34-36,38-40,47H,1,27-30H2,2-21H3/t31-,34-,35-,36+,38+,39+,40-,44+/m0/s1. The van der Waals surface area contributed by atoms with Gasteiger partial charge in [0, 0.05) is 31.4 Å². The van der Waals surface area contributed by atoms with Gasteiger partial charge < -0.3 is 32.6 Å². The molecule has 0 radical (unpaired) electrons. The van der Waals surface area contributed by atoms with E-state index >= 15 is 0 Å². The zero-order valence-electron chi connectivity index (χ0n) is 39.6. The Morgan fingerprint density at radius 3 is 1.86 bits per heavy atom. The minimum atomic E-state index is -2.49. The lowest BCUT2D eigenvalue weighted by molar-refractivity contribution is -0.171. The quantitative estimate of drug-likeness (QED) is 0.0528. The molecule has 1 aromatic rings. The van der Waals surface area contributed by atoms with Gasteiger partial charge in [0.25, 0.3) is 0 Å². The van der Waals surface area contributed by atoms with Crippen molar-refractivity contribution in [2.24, 2.45) is 17.8 Å². The highest BCUT2D eigenvalue weighted by Gasteiger charge is 2.65. The lowest BCUT2D eigenvalue weighted by Crippen LogP contribution is -2.57. The van der Waals surface area contributed by atoms with Crippen molar-refractivity contribution in [2.45, 2.75) is 174 Å². The molecule has 57 heavy (non-hydrogen) atoms. The predicted octanol–water partition coefficient (Wildman–Crippen LogP) is 10.00. The second-order valence-electron chi connectivity index (χ2n) is 21.1. The van der Waals surface area contributed by atoms with Gasteiger partial charge in [-0.15, -0.1) is 6.58 Å². The van der Waals surface area contributed by atoms with Crippen LogP contribution in [-0.4, -0.2) is 106 Å². The molecule has 2 rings (SSSR count). The van der Waals surface area contributed by atoms with E-state index in [1.807, 2.05) is 24.3 Å². The Balaban J connectivity index is 2.70. The summed E-state index contributed by atoms with van der Waals surface area (Å²) in [6.07, 6.45) is -0.714. The second kappa shape index (κ2) is 19.5. The molecule has 0 saturated carbocycles. The Kier molecular flexibility index (Phi) is 17.7. The van der Waals surface area contributed by atoms with Crippen molar-refractivity contribution in [1.29, 1.82) is 0 Å². The molecule has 0 unspecified atom stereocenters. The maximum atomic E-state index is 13.6. The molecule has 1 aliphatic rings. The minimum Gasteiger partial charge on any atom is -0.497 e. The van der Waals surface area contributed by atoms with Crippen LogP contribution in [0, 0.1) is 17.8 Å². The Morgan fingerprint density at radius 2 is 1.40 bits per heavy atom. The molecule has 1 saturated heterocycles. The molecule has 0 aromatic heterocycles. The molecule has 0 bridgehead atoms. The molecule has 1 aliphatic heterocycles. The van der Waals surface area contributed by atoms with E-state index in [1.165, 1.54) is 12.2 Å². The summed E-state index contributed by atoms with van der Waals surface area (Å²) >= 11 is 0. The van der Waals surface area contributed by atoms with Gasteiger partial charge in [0.1, 0.15) is 11.4 Å². The number of carbonyl (C=O) groups is 1. The summed E-state index contributed by atoms with van der Waals surface area (Å²) in [7, 11) is -2.54. The van der Waals surface area contributed by atoms with Crippen LogP contribution < -0.4 is 4.74 Å². The summed E-state index contributed by atoms with van der Waals surface area (Å²) < 4.78 is 39.9. The van der Waals surface area contributed by atoms with Crippen LogP contribution >= 0.6 is 0 Å². The van der Waals surface area contributed by atoms with Crippen molar-refractivity contribution in [3.8, 4) is 5.75 Å². The van der Waals surface area contributed by atoms with E-state index in [-0.39, 0.29) is 46.1 Å². The van der Waals surface area contributed by atoms with Gasteiger partial charge in [0.05, 0.1) is 58.3 Å². The van der Waals surface area contributed by atoms with E-state index in [0.29, 0.717) is 13.2 Å². The van der Waals surface area contributed by atoms with Crippen molar-refractivity contribution in [3.05, 3.63) is 42.5 Å². The van der Waals surface area contributed by atoms with Gasteiger partial charge in [-0.2, -0.15) is 0 Å². The van der Waals surface area contributed by atoms with Crippen LogP contribution in [0.5, 0.6) is 5.75 Å². The monoisotopic (exact) mass is 854 g/mol. The number of hydroxylamine groups is 2. The summed E-state index contributed by atoms with van der Waals surface area (Å²) in [6.45, 7) is 42.9. The van der Waals surface area contributed by atoms with Gasteiger partial charge in [-0.1, -0.05) is 87.4 Å². The van der Waals surface area contributed by atoms with Gasteiger partial charge in [-0.3, -0.25) is 9.63 Å². The molecule has 1 fully saturated rings. The fourth-order valence-electron chi connectivity index (χ4n) is 6.34. The van der Waals surface area contributed by atoms with Crippen molar-refractivity contribution in [3.63, 3.8) is 0 Å². The molecule has 0 spiro atoms. The fraction of sp³-hybridized carbons (Fsp3) is 0.795. The number of aliphatic hydroxyl groups is 1. The molecular formula is C44H83NO9Si3. The van der Waals surface area contributed by atoms with Crippen LogP contribution in [0.1, 0.15) is 88.1 Å². The first-order chi connectivity index (χ1) is 25.8. The summed E-state index contributed by atoms with van der Waals surface area (Å²) in [5.41, 5.74) is 0.307. The number of nitrogens with zero attached hydrogens (tertiary/aromatic N) is 1. The van der Waals surface area contributed by atoms with E-state index in [2.05, 4.69) is 122 Å². The fourth-order valence-corrected chi connectivity index (χ4v) is 10.1. The highest BCUT2D eigenvalue weighted by molar-refractivity contribution is 6.75. The van der Waals surface area contributed by atoms with Crippen LogP contribution in [-0.2, 0) is 39.0 Å². The smallest absolute Gasteiger partial charge is 0.248 e. The topological polar surface area (TPSA) is 108 Å². The third-order valence-electron chi connectivity index (χ3n) is 13.6. The number of rotatable bonds is 22. The van der Waals surface area contributed by atoms with E-state index in [1.54, 1.807) is 20.2 Å². The summed E-state index contributed by atoms with van der Waals surface area (Å²) in [5.74, 6) is -0.603. The summed E-state index contributed by atoms with van der Waals surface area (Å²) in [6, 6.07) is 7.90. The summed E-state index contributed by atoms with van der Waals surface area (Å²) in [5, 5.41) is 13.9. The maximum Gasteiger partial charge on any atom is 0.248 e. The molecule has 330 valence electrons. The van der Waals surface area contributed by atoms with Crippen molar-refractivity contribution in [1.82, 2.24) is 5.06 Å². The average molecular weight is 854 g/mol. The number of carbonyl (C=O) groups excluding carboxylic acids is 1. The molecule has 10 nitrogen and oxygen atoms in total. The first-order valence-electron chi connectivity index (χ1n) is 20.8. The zero-order valence-corrected chi connectivity index (χ0v) is 42.6. The Labute approximate surface area is 351 Å². The zero-order chi connectivity index (χ0) is 44.2. The number of hydrogen-bond acceptors (Lipinski definition) is 9. The predicted molar refractivity (Wildman–Crippen MR) is 240 cm³/mol. The van der Waals surface area contributed by atoms with Crippen molar-refractivity contribution in [2.75, 3.05) is 34.5 Å². The third kappa shape index (κ3) is 13.3. The first-order valence-corrected chi connectivity index (χ1v) is 29.5. The number of ether oxygens (including phenoxy) is 3. The van der Waals surface area contributed by atoms with E-state index < -0.39 is 60.7 Å². The van der Waals surface area contributed by atoms with E-state index in [9.17, 15) is 9.90 Å². The highest BCUT2D eigenvalue weighted by Crippen LogP contribution is 2.52. The van der Waals surface area contributed by atoms with Crippen LogP contribution in [0.2, 0.25) is 54.4 Å². The third-order valence-corrected chi connectivity index (χ3v) is 27.1. The molecule has 1 N–H and O–H groups in total. The van der Waals surface area contributed by atoms with Gasteiger partial charge in [0.15, 0.2) is 25.0 Å². The van der Waals surface area contributed by atoms with E-state index in [4.69, 9.17) is 32.3 Å². The molecular weight excluding hydrogens is 771 g/mol. The van der Waals surface area contributed by atoms with Crippen molar-refractivity contribution < 1.29 is 42.2 Å². The molecule has 13 heteroatoms. The minimum absolute atomic E-state index is 0.00707. The SMILES string of the molecule is C=C[C@H]([C@@H](O)[C@H](CO[Si](C)(C)C(C)(C)C)[C@H](O[Si](C)(C)C(C)(C)C)[C@]1(C)O[C@@H]1[C@@H](C)COCc1ccc(OC)cc1)[C@@H](CC(=O)N(C)OC)O[Si](C)(C)C(C)(C)C. The Morgan fingerprint density at radius 1 is 0.895 bits per heavy atom. The molecule has 8 atom stereocenters. The largest absolute Gasteiger partial charge is 0.497 e. The number of epoxide rings is 1. The van der Waals surface area contributed by atoms with Gasteiger partial charge in [0.2, 0.25) is 5.91 Å². The molecule has 1 heterocycles.